The van der Waals surface area contributed by atoms with E-state index in [-0.39, 0.29) is 11.6 Å². The minimum atomic E-state index is -4.49. The van der Waals surface area contributed by atoms with Crippen LogP contribution in [0.5, 0.6) is 0 Å². The highest BCUT2D eigenvalue weighted by Gasteiger charge is 2.31. The molecule has 0 bridgehead atoms. The molecule has 3 aromatic rings. The lowest BCUT2D eigenvalue weighted by Gasteiger charge is -2.15. The second-order valence-corrected chi connectivity index (χ2v) is 5.66. The van der Waals surface area contributed by atoms with Crippen LogP contribution in [-0.2, 0) is 6.18 Å². The molecule has 0 spiro atoms. The molecule has 8 heteroatoms. The molecule has 0 aliphatic heterocycles. The van der Waals surface area contributed by atoms with Crippen molar-refractivity contribution >= 4 is 5.69 Å². The molecule has 5 nitrogen and oxygen atoms in total. The van der Waals surface area contributed by atoms with Crippen molar-refractivity contribution in [1.82, 2.24) is 15.0 Å². The summed E-state index contributed by atoms with van der Waals surface area (Å²) in [6.07, 6.45) is -2.77. The van der Waals surface area contributed by atoms with Gasteiger partial charge >= 0.3 is 6.18 Å². The number of benzene rings is 2. The summed E-state index contributed by atoms with van der Waals surface area (Å²) in [6, 6.07) is 13.8. The van der Waals surface area contributed by atoms with Crippen molar-refractivity contribution in [2.75, 3.05) is 5.32 Å². The topological polar surface area (TPSA) is 66.5 Å². The Kier molecular flexibility index (Phi) is 4.63. The zero-order valence-electron chi connectivity index (χ0n) is 13.7. The van der Waals surface area contributed by atoms with Gasteiger partial charge in [-0.1, -0.05) is 23.4 Å². The number of nitrogens with zero attached hydrogens (tertiary/aromatic N) is 4. The Labute approximate surface area is 147 Å². The SMILES string of the molecule is CC(Nc1ccc(C(F)(F)F)cc1C#N)c1cn(-c2ccccc2)nn1. The summed E-state index contributed by atoms with van der Waals surface area (Å²) >= 11 is 0. The summed E-state index contributed by atoms with van der Waals surface area (Å²) < 4.78 is 39.9. The lowest BCUT2D eigenvalue weighted by Crippen LogP contribution is -2.10. The van der Waals surface area contributed by atoms with Crippen molar-refractivity contribution in [2.45, 2.75) is 19.1 Å². The standard InChI is InChI=1S/C18H14F3N5/c1-12(17-11-26(25-24-17)15-5-3-2-4-6-15)23-16-8-7-14(18(19,20)21)9-13(16)10-22/h2-9,11-12,23H,1H3. The molecule has 1 unspecified atom stereocenters. The number of nitrogens with one attached hydrogen (secondary N) is 1. The zero-order valence-corrected chi connectivity index (χ0v) is 13.7. The predicted octanol–water partition coefficient (Wildman–Crippen LogP) is 4.33. The Morgan fingerprint density at radius 2 is 1.88 bits per heavy atom. The molecule has 0 fully saturated rings. The molecular weight excluding hydrogens is 343 g/mol. The molecule has 1 heterocycles. The Morgan fingerprint density at radius 3 is 2.54 bits per heavy atom. The highest BCUT2D eigenvalue weighted by molar-refractivity contribution is 5.59. The molecule has 3 rings (SSSR count). The van der Waals surface area contributed by atoms with E-state index >= 15 is 0 Å². The van der Waals surface area contributed by atoms with Crippen LogP contribution in [0.25, 0.3) is 5.69 Å². The van der Waals surface area contributed by atoms with Crippen molar-refractivity contribution in [1.29, 1.82) is 5.26 Å². The molecule has 0 aliphatic carbocycles. The minimum Gasteiger partial charge on any atom is -0.376 e. The molecular formula is C18H14F3N5. The van der Waals surface area contributed by atoms with Crippen LogP contribution in [0.4, 0.5) is 18.9 Å². The third kappa shape index (κ3) is 3.67. The highest BCUT2D eigenvalue weighted by atomic mass is 19.4. The van der Waals surface area contributed by atoms with Crippen LogP contribution in [-0.4, -0.2) is 15.0 Å². The number of anilines is 1. The van der Waals surface area contributed by atoms with Crippen molar-refractivity contribution in [2.24, 2.45) is 0 Å². The van der Waals surface area contributed by atoms with Crippen LogP contribution in [0, 0.1) is 11.3 Å². The fourth-order valence-corrected chi connectivity index (χ4v) is 2.43. The van der Waals surface area contributed by atoms with Gasteiger partial charge in [0.15, 0.2) is 0 Å². The fraction of sp³-hybridized carbons (Fsp3) is 0.167. The number of halogens is 3. The summed E-state index contributed by atoms with van der Waals surface area (Å²) in [4.78, 5) is 0. The van der Waals surface area contributed by atoms with Gasteiger partial charge < -0.3 is 5.32 Å². The lowest BCUT2D eigenvalue weighted by molar-refractivity contribution is -0.137. The van der Waals surface area contributed by atoms with Crippen molar-refractivity contribution < 1.29 is 13.2 Å². The third-order valence-corrected chi connectivity index (χ3v) is 3.81. The summed E-state index contributed by atoms with van der Waals surface area (Å²) in [5, 5.41) is 20.3. The number of para-hydroxylation sites is 1. The number of aromatic nitrogens is 3. The maximum absolute atomic E-state index is 12.8. The first-order chi connectivity index (χ1) is 12.4. The lowest BCUT2D eigenvalue weighted by atomic mass is 10.1. The molecule has 0 amide bonds. The number of hydrogen-bond donors (Lipinski definition) is 1. The minimum absolute atomic E-state index is 0.0814. The van der Waals surface area contributed by atoms with Gasteiger partial charge in [0.1, 0.15) is 11.8 Å². The summed E-state index contributed by atoms with van der Waals surface area (Å²) in [7, 11) is 0. The first kappa shape index (κ1) is 17.5. The van der Waals surface area contributed by atoms with Gasteiger partial charge in [-0.05, 0) is 37.3 Å². The Bertz CT molecular complexity index is 941. The van der Waals surface area contributed by atoms with Gasteiger partial charge in [0.2, 0.25) is 0 Å². The summed E-state index contributed by atoms with van der Waals surface area (Å²) in [5.41, 5.74) is 0.801. The molecule has 1 atom stereocenters. The van der Waals surface area contributed by atoms with Gasteiger partial charge in [0.05, 0.1) is 34.7 Å². The maximum atomic E-state index is 12.8. The second kappa shape index (κ2) is 6.88. The first-order valence-corrected chi connectivity index (χ1v) is 7.74. The molecule has 132 valence electrons. The van der Waals surface area contributed by atoms with E-state index in [0.717, 1.165) is 17.8 Å². The quantitative estimate of drug-likeness (QED) is 0.755. The van der Waals surface area contributed by atoms with Gasteiger partial charge in [0.25, 0.3) is 0 Å². The van der Waals surface area contributed by atoms with E-state index in [0.29, 0.717) is 11.4 Å². The summed E-state index contributed by atoms with van der Waals surface area (Å²) in [6.45, 7) is 1.79. The molecule has 0 saturated heterocycles. The van der Waals surface area contributed by atoms with E-state index in [9.17, 15) is 13.2 Å². The molecule has 0 saturated carbocycles. The van der Waals surface area contributed by atoms with Crippen molar-refractivity contribution in [3.05, 3.63) is 71.5 Å². The van der Waals surface area contributed by atoms with Crippen LogP contribution < -0.4 is 5.32 Å². The monoisotopic (exact) mass is 357 g/mol. The van der Waals surface area contributed by atoms with Crippen molar-refractivity contribution in [3.8, 4) is 11.8 Å². The van der Waals surface area contributed by atoms with Crippen LogP contribution in [0.2, 0.25) is 0 Å². The zero-order chi connectivity index (χ0) is 18.7. The second-order valence-electron chi connectivity index (χ2n) is 5.66. The van der Waals surface area contributed by atoms with E-state index < -0.39 is 11.7 Å². The van der Waals surface area contributed by atoms with Crippen LogP contribution in [0.15, 0.2) is 54.7 Å². The van der Waals surface area contributed by atoms with E-state index in [1.165, 1.54) is 6.07 Å². The average Bonchev–Trinajstić information content (AvgIpc) is 3.12. The smallest absolute Gasteiger partial charge is 0.376 e. The number of hydrogen-bond acceptors (Lipinski definition) is 4. The van der Waals surface area contributed by atoms with Gasteiger partial charge in [0, 0.05) is 0 Å². The Hall–Kier alpha value is -3.34. The molecule has 2 aromatic carbocycles. The number of alkyl halides is 3. The van der Waals surface area contributed by atoms with Gasteiger partial charge in [-0.2, -0.15) is 18.4 Å². The van der Waals surface area contributed by atoms with Gasteiger partial charge in [-0.15, -0.1) is 5.10 Å². The number of nitriles is 1. The third-order valence-electron chi connectivity index (χ3n) is 3.81. The average molecular weight is 357 g/mol. The highest BCUT2D eigenvalue weighted by Crippen LogP contribution is 2.32. The first-order valence-electron chi connectivity index (χ1n) is 7.74. The summed E-state index contributed by atoms with van der Waals surface area (Å²) in [5.74, 6) is 0. The largest absolute Gasteiger partial charge is 0.416 e. The molecule has 26 heavy (non-hydrogen) atoms. The van der Waals surface area contributed by atoms with Crippen LogP contribution in [0.3, 0.4) is 0 Å². The molecule has 1 N–H and O–H groups in total. The Balaban J connectivity index is 1.81. The van der Waals surface area contributed by atoms with Crippen molar-refractivity contribution in [3.63, 3.8) is 0 Å². The normalized spacial score (nSPS) is 12.4. The van der Waals surface area contributed by atoms with Gasteiger partial charge in [-0.3, -0.25) is 0 Å². The van der Waals surface area contributed by atoms with E-state index in [4.69, 9.17) is 5.26 Å². The Morgan fingerprint density at radius 1 is 1.15 bits per heavy atom. The fourth-order valence-electron chi connectivity index (χ4n) is 2.43. The molecule has 0 radical (unpaired) electrons. The van der Waals surface area contributed by atoms with E-state index in [2.05, 4.69) is 15.6 Å². The molecule has 1 aromatic heterocycles. The van der Waals surface area contributed by atoms with Crippen LogP contribution >= 0.6 is 0 Å². The van der Waals surface area contributed by atoms with E-state index in [1.54, 1.807) is 23.9 Å². The predicted molar refractivity (Wildman–Crippen MR) is 89.6 cm³/mol. The molecule has 0 aliphatic rings. The van der Waals surface area contributed by atoms with E-state index in [1.807, 2.05) is 30.3 Å². The maximum Gasteiger partial charge on any atom is 0.416 e. The number of rotatable bonds is 4. The van der Waals surface area contributed by atoms with Gasteiger partial charge in [-0.25, -0.2) is 4.68 Å². The van der Waals surface area contributed by atoms with Crippen LogP contribution in [0.1, 0.15) is 29.8 Å².